The molecule has 0 radical (unpaired) electrons. The summed E-state index contributed by atoms with van der Waals surface area (Å²) in [4.78, 5) is 1.48. The fourth-order valence-corrected chi connectivity index (χ4v) is 2.54. The minimum absolute atomic E-state index is 1.21. The predicted molar refractivity (Wildman–Crippen MR) is 50.5 cm³/mol. The Morgan fingerprint density at radius 3 is 3.36 bits per heavy atom. The van der Waals surface area contributed by atoms with Gasteiger partial charge >= 0.3 is 0 Å². The van der Waals surface area contributed by atoms with Crippen LogP contribution in [0.15, 0.2) is 40.0 Å². The molecule has 0 N–H and O–H groups in total. The molecule has 0 fully saturated rings. The smallest absolute Gasteiger partial charge is 0.0140 e. The van der Waals surface area contributed by atoms with E-state index in [1.165, 1.54) is 28.2 Å². The highest BCUT2D eigenvalue weighted by atomic mass is 32.2. The molecule has 0 spiro atoms. The van der Waals surface area contributed by atoms with Crippen molar-refractivity contribution < 1.29 is 0 Å². The van der Waals surface area contributed by atoms with E-state index in [9.17, 15) is 0 Å². The van der Waals surface area contributed by atoms with E-state index in [0.29, 0.717) is 0 Å². The standard InChI is InChI=1S/C10H10S/c1-8-4-2-3-5-9-6-7-11-10(8)9/h2,4-5H,6-7H2,1H3. The van der Waals surface area contributed by atoms with Crippen LogP contribution < -0.4 is 0 Å². The van der Waals surface area contributed by atoms with Gasteiger partial charge in [0.1, 0.15) is 0 Å². The predicted octanol–water partition coefficient (Wildman–Crippen LogP) is 3.05. The van der Waals surface area contributed by atoms with Crippen LogP contribution in [0.25, 0.3) is 0 Å². The minimum atomic E-state index is 1.21. The van der Waals surface area contributed by atoms with E-state index in [1.807, 2.05) is 17.8 Å². The van der Waals surface area contributed by atoms with E-state index in [0.717, 1.165) is 0 Å². The number of allylic oxidation sites excluding steroid dienone is 4. The first-order valence-electron chi connectivity index (χ1n) is 3.83. The van der Waals surface area contributed by atoms with Crippen LogP contribution in [0.2, 0.25) is 0 Å². The Morgan fingerprint density at radius 2 is 2.45 bits per heavy atom. The summed E-state index contributed by atoms with van der Waals surface area (Å²) in [5.74, 6) is 1.24. The molecule has 0 atom stereocenters. The second-order valence-electron chi connectivity index (χ2n) is 2.78. The van der Waals surface area contributed by atoms with Crippen LogP contribution >= 0.6 is 11.8 Å². The highest BCUT2D eigenvalue weighted by Gasteiger charge is 2.14. The van der Waals surface area contributed by atoms with E-state index in [4.69, 9.17) is 0 Å². The second kappa shape index (κ2) is 2.77. The summed E-state index contributed by atoms with van der Waals surface area (Å²) in [5.41, 5.74) is 6.01. The molecule has 0 saturated carbocycles. The lowest BCUT2D eigenvalue weighted by molar-refractivity contribution is 1.19. The maximum absolute atomic E-state index is 3.15. The Balaban J connectivity index is 2.49. The van der Waals surface area contributed by atoms with Gasteiger partial charge in [0.05, 0.1) is 0 Å². The van der Waals surface area contributed by atoms with Gasteiger partial charge in [-0.3, -0.25) is 0 Å². The molecule has 1 aliphatic carbocycles. The van der Waals surface area contributed by atoms with Gasteiger partial charge in [0.15, 0.2) is 0 Å². The number of hydrogen-bond acceptors (Lipinski definition) is 1. The molecule has 2 aliphatic rings. The average molecular weight is 162 g/mol. The van der Waals surface area contributed by atoms with Gasteiger partial charge in [-0.05, 0) is 36.6 Å². The topological polar surface area (TPSA) is 0 Å². The van der Waals surface area contributed by atoms with Crippen molar-refractivity contribution in [3.63, 3.8) is 0 Å². The van der Waals surface area contributed by atoms with E-state index in [2.05, 4.69) is 24.8 Å². The lowest BCUT2D eigenvalue weighted by Crippen LogP contribution is -1.78. The first kappa shape index (κ1) is 7.02. The summed E-state index contributed by atoms with van der Waals surface area (Å²) in [5, 5.41) is 0. The van der Waals surface area contributed by atoms with Crippen LogP contribution in [-0.2, 0) is 0 Å². The Kier molecular flexibility index (Phi) is 1.77. The molecule has 56 valence electrons. The molecule has 1 heteroatoms. The fourth-order valence-electron chi connectivity index (χ4n) is 1.37. The van der Waals surface area contributed by atoms with Gasteiger partial charge in [-0.25, -0.2) is 0 Å². The molecular weight excluding hydrogens is 152 g/mol. The molecule has 0 nitrogen and oxygen atoms in total. The summed E-state index contributed by atoms with van der Waals surface area (Å²) in [6.45, 7) is 2.17. The van der Waals surface area contributed by atoms with Crippen molar-refractivity contribution in [2.24, 2.45) is 0 Å². The third kappa shape index (κ3) is 1.22. The van der Waals surface area contributed by atoms with Crippen molar-refractivity contribution in [1.82, 2.24) is 0 Å². The monoisotopic (exact) mass is 162 g/mol. The normalized spacial score (nSPS) is 21.7. The van der Waals surface area contributed by atoms with Gasteiger partial charge in [0.2, 0.25) is 0 Å². The van der Waals surface area contributed by atoms with Crippen LogP contribution in [-0.4, -0.2) is 5.75 Å². The molecule has 1 aliphatic heterocycles. The summed E-state index contributed by atoms with van der Waals surface area (Å²) in [7, 11) is 0. The molecule has 2 rings (SSSR count). The molecule has 1 heterocycles. The zero-order chi connectivity index (χ0) is 7.68. The third-order valence-electron chi connectivity index (χ3n) is 1.95. The summed E-state index contributed by atoms with van der Waals surface area (Å²) in [6.07, 6.45) is 7.46. The van der Waals surface area contributed by atoms with Crippen molar-refractivity contribution in [2.75, 3.05) is 5.75 Å². The second-order valence-corrected chi connectivity index (χ2v) is 3.89. The molecule has 0 saturated heterocycles. The molecular formula is C10H10S. The average Bonchev–Trinajstić information content (AvgIpc) is 2.40. The van der Waals surface area contributed by atoms with Crippen molar-refractivity contribution in [3.05, 3.63) is 40.0 Å². The van der Waals surface area contributed by atoms with Crippen molar-refractivity contribution in [1.29, 1.82) is 0 Å². The first-order valence-corrected chi connectivity index (χ1v) is 4.82. The molecule has 11 heavy (non-hydrogen) atoms. The van der Waals surface area contributed by atoms with Gasteiger partial charge in [0.25, 0.3) is 0 Å². The number of thioether (sulfide) groups is 1. The number of hydrogen-bond donors (Lipinski definition) is 0. The Hall–Kier alpha value is -0.650. The lowest BCUT2D eigenvalue weighted by atomic mass is 10.1. The zero-order valence-electron chi connectivity index (χ0n) is 6.55. The van der Waals surface area contributed by atoms with Gasteiger partial charge < -0.3 is 0 Å². The zero-order valence-corrected chi connectivity index (χ0v) is 7.37. The highest BCUT2D eigenvalue weighted by Crippen LogP contribution is 2.37. The maximum Gasteiger partial charge on any atom is 0.0140 e. The van der Waals surface area contributed by atoms with Gasteiger partial charge in [-0.15, -0.1) is 17.5 Å². The van der Waals surface area contributed by atoms with Crippen LogP contribution in [0.5, 0.6) is 0 Å². The number of rotatable bonds is 0. The van der Waals surface area contributed by atoms with E-state index in [-0.39, 0.29) is 0 Å². The van der Waals surface area contributed by atoms with Crippen molar-refractivity contribution >= 4 is 11.8 Å². The SMILES string of the molecule is CC1=CC=C=CC2=C1SCC2. The van der Waals surface area contributed by atoms with Gasteiger partial charge in [-0.1, -0.05) is 6.08 Å². The summed E-state index contributed by atoms with van der Waals surface area (Å²) >= 11 is 1.97. The molecule has 0 aromatic carbocycles. The first-order chi connectivity index (χ1) is 5.38. The Morgan fingerprint density at radius 1 is 1.55 bits per heavy atom. The van der Waals surface area contributed by atoms with Crippen LogP contribution in [0, 0.1) is 0 Å². The summed E-state index contributed by atoms with van der Waals surface area (Å²) < 4.78 is 0. The fraction of sp³-hybridized carbons (Fsp3) is 0.300. The Labute approximate surface area is 71.4 Å². The highest BCUT2D eigenvalue weighted by molar-refractivity contribution is 8.03. The van der Waals surface area contributed by atoms with E-state index >= 15 is 0 Å². The Bertz CT molecular complexity index is 293. The van der Waals surface area contributed by atoms with Gasteiger partial charge in [0, 0.05) is 10.7 Å². The van der Waals surface area contributed by atoms with E-state index < -0.39 is 0 Å². The van der Waals surface area contributed by atoms with Crippen LogP contribution in [0.3, 0.4) is 0 Å². The third-order valence-corrected chi connectivity index (χ3v) is 3.24. The van der Waals surface area contributed by atoms with Gasteiger partial charge in [-0.2, -0.15) is 0 Å². The lowest BCUT2D eigenvalue weighted by Gasteiger charge is -1.99. The van der Waals surface area contributed by atoms with Crippen molar-refractivity contribution in [2.45, 2.75) is 13.3 Å². The van der Waals surface area contributed by atoms with Crippen molar-refractivity contribution in [3.8, 4) is 0 Å². The quantitative estimate of drug-likeness (QED) is 0.493. The van der Waals surface area contributed by atoms with E-state index in [1.54, 1.807) is 0 Å². The van der Waals surface area contributed by atoms with Crippen LogP contribution in [0.1, 0.15) is 13.3 Å². The molecule has 0 bridgehead atoms. The molecule has 0 amide bonds. The minimum Gasteiger partial charge on any atom is -0.125 e. The molecule has 0 aromatic heterocycles. The summed E-state index contributed by atoms with van der Waals surface area (Å²) in [6, 6.07) is 0. The molecule has 0 unspecified atom stereocenters. The van der Waals surface area contributed by atoms with Crippen LogP contribution in [0.4, 0.5) is 0 Å². The largest absolute Gasteiger partial charge is 0.125 e. The molecule has 0 aromatic rings. The maximum atomic E-state index is 3.15.